The molecule has 2 nitrogen and oxygen atoms in total. The van der Waals surface area contributed by atoms with E-state index in [4.69, 9.17) is 5.73 Å². The molecule has 72 valence electrons. The van der Waals surface area contributed by atoms with Crippen LogP contribution in [0.1, 0.15) is 30.6 Å². The van der Waals surface area contributed by atoms with Crippen molar-refractivity contribution in [3.63, 3.8) is 0 Å². The van der Waals surface area contributed by atoms with E-state index in [1.807, 2.05) is 18.2 Å². The molecular weight excluding hydrogens is 162 g/mol. The van der Waals surface area contributed by atoms with Gasteiger partial charge in [0.15, 0.2) is 0 Å². The zero-order valence-corrected chi connectivity index (χ0v) is 8.03. The van der Waals surface area contributed by atoms with E-state index >= 15 is 0 Å². The van der Waals surface area contributed by atoms with Crippen LogP contribution < -0.4 is 5.73 Å². The molecule has 0 heterocycles. The molecule has 0 aliphatic carbocycles. The van der Waals surface area contributed by atoms with Gasteiger partial charge in [0.25, 0.3) is 0 Å². The van der Waals surface area contributed by atoms with Crippen LogP contribution >= 0.6 is 0 Å². The first kappa shape index (κ1) is 10.2. The highest BCUT2D eigenvalue weighted by molar-refractivity contribution is 5.29. The summed E-state index contributed by atoms with van der Waals surface area (Å²) in [6, 6.07) is 7.94. The minimum atomic E-state index is -0.511. The van der Waals surface area contributed by atoms with Crippen molar-refractivity contribution < 1.29 is 5.11 Å². The molecule has 0 amide bonds. The van der Waals surface area contributed by atoms with Crippen LogP contribution in [0, 0.1) is 0 Å². The average Bonchev–Trinajstić information content (AvgIpc) is 2.18. The van der Waals surface area contributed by atoms with E-state index in [9.17, 15) is 5.11 Å². The smallest absolute Gasteiger partial charge is 0.0914 e. The van der Waals surface area contributed by atoms with Crippen molar-refractivity contribution in [3.05, 3.63) is 35.4 Å². The summed E-state index contributed by atoms with van der Waals surface area (Å²) in [5.41, 5.74) is 7.61. The molecule has 1 atom stereocenters. The van der Waals surface area contributed by atoms with Crippen molar-refractivity contribution in [1.29, 1.82) is 0 Å². The first-order valence-electron chi connectivity index (χ1n) is 4.75. The van der Waals surface area contributed by atoms with Gasteiger partial charge in [0.1, 0.15) is 0 Å². The van der Waals surface area contributed by atoms with E-state index in [0.29, 0.717) is 6.54 Å². The Labute approximate surface area is 79.4 Å². The molecule has 0 saturated carbocycles. The minimum absolute atomic E-state index is 0.292. The molecule has 0 radical (unpaired) electrons. The summed E-state index contributed by atoms with van der Waals surface area (Å²) in [4.78, 5) is 0. The Bertz CT molecular complexity index is 260. The molecule has 2 heteroatoms. The van der Waals surface area contributed by atoms with Crippen LogP contribution in [0.3, 0.4) is 0 Å². The van der Waals surface area contributed by atoms with E-state index in [2.05, 4.69) is 13.0 Å². The summed E-state index contributed by atoms with van der Waals surface area (Å²) in [7, 11) is 0. The van der Waals surface area contributed by atoms with Gasteiger partial charge in [-0.05, 0) is 17.5 Å². The topological polar surface area (TPSA) is 46.2 Å². The van der Waals surface area contributed by atoms with Gasteiger partial charge in [0.05, 0.1) is 6.10 Å². The van der Waals surface area contributed by atoms with E-state index in [1.165, 1.54) is 5.56 Å². The first-order valence-corrected chi connectivity index (χ1v) is 4.75. The lowest BCUT2D eigenvalue weighted by Gasteiger charge is -2.12. The first-order chi connectivity index (χ1) is 6.29. The van der Waals surface area contributed by atoms with Crippen molar-refractivity contribution in [2.75, 3.05) is 6.54 Å². The molecule has 0 spiro atoms. The number of aryl methyl sites for hydroxylation is 1. The Morgan fingerprint density at radius 3 is 2.69 bits per heavy atom. The average molecular weight is 179 g/mol. The molecule has 1 unspecified atom stereocenters. The highest BCUT2D eigenvalue weighted by atomic mass is 16.3. The Kier molecular flexibility index (Phi) is 3.93. The summed E-state index contributed by atoms with van der Waals surface area (Å²) in [6.07, 6.45) is 1.59. The predicted octanol–water partition coefficient (Wildman–Crippen LogP) is 1.63. The molecule has 0 saturated heterocycles. The van der Waals surface area contributed by atoms with Gasteiger partial charge in [-0.2, -0.15) is 0 Å². The molecule has 0 aromatic heterocycles. The van der Waals surface area contributed by atoms with Crippen LogP contribution in [-0.2, 0) is 6.42 Å². The van der Waals surface area contributed by atoms with Gasteiger partial charge < -0.3 is 10.8 Å². The third kappa shape index (κ3) is 2.54. The van der Waals surface area contributed by atoms with Gasteiger partial charge in [0, 0.05) is 6.54 Å². The lowest BCUT2D eigenvalue weighted by molar-refractivity contribution is 0.185. The van der Waals surface area contributed by atoms with Gasteiger partial charge in [0.2, 0.25) is 0 Å². The van der Waals surface area contributed by atoms with E-state index in [-0.39, 0.29) is 0 Å². The van der Waals surface area contributed by atoms with Crippen LogP contribution in [0.25, 0.3) is 0 Å². The summed E-state index contributed by atoms with van der Waals surface area (Å²) >= 11 is 0. The monoisotopic (exact) mass is 179 g/mol. The summed E-state index contributed by atoms with van der Waals surface area (Å²) < 4.78 is 0. The van der Waals surface area contributed by atoms with Crippen LogP contribution in [0.4, 0.5) is 0 Å². The quantitative estimate of drug-likeness (QED) is 0.738. The lowest BCUT2D eigenvalue weighted by atomic mass is 9.99. The van der Waals surface area contributed by atoms with Gasteiger partial charge in [-0.25, -0.2) is 0 Å². The fourth-order valence-electron chi connectivity index (χ4n) is 1.48. The van der Waals surface area contributed by atoms with Crippen molar-refractivity contribution in [2.45, 2.75) is 25.9 Å². The lowest BCUT2D eigenvalue weighted by Crippen LogP contribution is -2.13. The van der Waals surface area contributed by atoms with Crippen LogP contribution in [0.15, 0.2) is 24.3 Å². The number of benzene rings is 1. The van der Waals surface area contributed by atoms with Gasteiger partial charge in [-0.1, -0.05) is 37.6 Å². The largest absolute Gasteiger partial charge is 0.387 e. The zero-order chi connectivity index (χ0) is 9.68. The van der Waals surface area contributed by atoms with E-state index in [1.54, 1.807) is 0 Å². The Balaban J connectivity index is 2.90. The Hall–Kier alpha value is -0.860. The summed E-state index contributed by atoms with van der Waals surface area (Å²) in [6.45, 7) is 2.42. The number of nitrogens with two attached hydrogens (primary N) is 1. The molecule has 1 rings (SSSR count). The molecule has 3 N–H and O–H groups in total. The van der Waals surface area contributed by atoms with E-state index < -0.39 is 6.10 Å². The number of rotatable bonds is 4. The van der Waals surface area contributed by atoms with E-state index in [0.717, 1.165) is 18.4 Å². The van der Waals surface area contributed by atoms with Gasteiger partial charge >= 0.3 is 0 Å². The second kappa shape index (κ2) is 5.00. The molecule has 13 heavy (non-hydrogen) atoms. The van der Waals surface area contributed by atoms with Crippen molar-refractivity contribution >= 4 is 0 Å². The third-order valence-corrected chi connectivity index (χ3v) is 2.16. The fraction of sp³-hybridized carbons (Fsp3) is 0.455. The molecule has 0 aliphatic heterocycles. The molecule has 0 fully saturated rings. The number of hydrogen-bond acceptors (Lipinski definition) is 2. The van der Waals surface area contributed by atoms with Crippen molar-refractivity contribution in [1.82, 2.24) is 0 Å². The normalized spacial score (nSPS) is 12.8. The SMILES string of the molecule is CCCc1ccccc1C(O)CN. The number of hydrogen-bond donors (Lipinski definition) is 2. The standard InChI is InChI=1S/C11H17NO/c1-2-5-9-6-3-4-7-10(9)11(13)8-12/h3-4,6-7,11,13H,2,5,8,12H2,1H3. The van der Waals surface area contributed by atoms with Crippen molar-refractivity contribution in [3.8, 4) is 0 Å². The van der Waals surface area contributed by atoms with Crippen molar-refractivity contribution in [2.24, 2.45) is 5.73 Å². The minimum Gasteiger partial charge on any atom is -0.387 e. The van der Waals surface area contributed by atoms with Gasteiger partial charge in [-0.15, -0.1) is 0 Å². The highest BCUT2D eigenvalue weighted by Gasteiger charge is 2.08. The molecule has 1 aromatic carbocycles. The molecular formula is C11H17NO. The van der Waals surface area contributed by atoms with Crippen LogP contribution in [-0.4, -0.2) is 11.7 Å². The van der Waals surface area contributed by atoms with Crippen LogP contribution in [0.5, 0.6) is 0 Å². The second-order valence-corrected chi connectivity index (χ2v) is 3.20. The van der Waals surface area contributed by atoms with Gasteiger partial charge in [-0.3, -0.25) is 0 Å². The predicted molar refractivity (Wildman–Crippen MR) is 54.5 cm³/mol. The molecule has 0 aliphatic rings. The zero-order valence-electron chi connectivity index (χ0n) is 8.03. The third-order valence-electron chi connectivity index (χ3n) is 2.16. The number of aliphatic hydroxyl groups is 1. The molecule has 1 aromatic rings. The summed E-state index contributed by atoms with van der Waals surface area (Å²) in [5.74, 6) is 0. The maximum Gasteiger partial charge on any atom is 0.0914 e. The molecule has 0 bridgehead atoms. The fourth-order valence-corrected chi connectivity index (χ4v) is 1.48. The summed E-state index contributed by atoms with van der Waals surface area (Å²) in [5, 5.41) is 9.61. The maximum absolute atomic E-state index is 9.61. The van der Waals surface area contributed by atoms with Crippen LogP contribution in [0.2, 0.25) is 0 Å². The Morgan fingerprint density at radius 2 is 2.08 bits per heavy atom. The highest BCUT2D eigenvalue weighted by Crippen LogP contribution is 2.18. The second-order valence-electron chi connectivity index (χ2n) is 3.20. The Morgan fingerprint density at radius 1 is 1.38 bits per heavy atom. The maximum atomic E-state index is 9.61. The number of aliphatic hydroxyl groups excluding tert-OH is 1.